The van der Waals surface area contributed by atoms with Crippen molar-refractivity contribution in [1.82, 2.24) is 20.6 Å². The molecular formula is C29H40N4O4. The van der Waals surface area contributed by atoms with Crippen molar-refractivity contribution in [1.29, 1.82) is 0 Å². The van der Waals surface area contributed by atoms with Crippen LogP contribution in [0.5, 0.6) is 0 Å². The minimum atomic E-state index is -1.13. The van der Waals surface area contributed by atoms with E-state index in [4.69, 9.17) is 0 Å². The van der Waals surface area contributed by atoms with Gasteiger partial charge in [-0.2, -0.15) is 0 Å². The third kappa shape index (κ3) is 18.1. The highest BCUT2D eigenvalue weighted by atomic mass is 16.4. The minimum Gasteiger partial charge on any atom is -0.480 e. The number of imidazole rings is 1. The van der Waals surface area contributed by atoms with Gasteiger partial charge in [-0.3, -0.25) is 9.59 Å². The first kappa shape index (κ1) is 31.1. The van der Waals surface area contributed by atoms with Crippen molar-refractivity contribution in [3.63, 3.8) is 0 Å². The minimum absolute atomic E-state index is 0.00215. The van der Waals surface area contributed by atoms with Crippen LogP contribution in [-0.2, 0) is 20.8 Å². The van der Waals surface area contributed by atoms with Gasteiger partial charge in [-0.1, -0.05) is 72.9 Å². The van der Waals surface area contributed by atoms with Crippen molar-refractivity contribution < 1.29 is 19.5 Å². The lowest BCUT2D eigenvalue weighted by molar-refractivity contribution is -0.141. The highest BCUT2D eigenvalue weighted by molar-refractivity contribution is 5.84. The number of amides is 2. The first-order chi connectivity index (χ1) is 18.0. The molecule has 8 nitrogen and oxygen atoms in total. The van der Waals surface area contributed by atoms with Crippen LogP contribution in [0.15, 0.2) is 85.4 Å². The van der Waals surface area contributed by atoms with Crippen molar-refractivity contribution in [2.24, 2.45) is 0 Å². The number of rotatable bonds is 19. The second kappa shape index (κ2) is 21.4. The number of nitrogens with zero attached hydrogens (tertiary/aromatic N) is 1. The van der Waals surface area contributed by atoms with Gasteiger partial charge in [0.05, 0.1) is 6.33 Å². The van der Waals surface area contributed by atoms with E-state index in [1.54, 1.807) is 6.08 Å². The number of nitrogens with one attached hydrogen (secondary N) is 3. The van der Waals surface area contributed by atoms with E-state index in [0.29, 0.717) is 5.69 Å². The Morgan fingerprint density at radius 3 is 1.89 bits per heavy atom. The third-order valence-corrected chi connectivity index (χ3v) is 5.02. The van der Waals surface area contributed by atoms with Gasteiger partial charge in [0.2, 0.25) is 11.8 Å². The van der Waals surface area contributed by atoms with Gasteiger partial charge in [0.25, 0.3) is 0 Å². The second-order valence-electron chi connectivity index (χ2n) is 8.15. The number of carboxylic acid groups (broad SMARTS) is 1. The SMILES string of the molecule is CC=CCC=CCC=CCC=CCC=CCC=CCC(=O)NCCC(=O)NC(Cc1cnc[nH]1)C(=O)O. The molecule has 0 bridgehead atoms. The Kier molecular flexibility index (Phi) is 17.9. The number of H-pyrrole nitrogens is 1. The number of aromatic amines is 1. The smallest absolute Gasteiger partial charge is 0.326 e. The molecule has 1 unspecified atom stereocenters. The predicted octanol–water partition coefficient (Wildman–Crippen LogP) is 4.73. The molecule has 0 aliphatic carbocycles. The van der Waals surface area contributed by atoms with Gasteiger partial charge in [0, 0.05) is 37.7 Å². The van der Waals surface area contributed by atoms with Crippen molar-refractivity contribution in [2.45, 2.75) is 64.3 Å². The van der Waals surface area contributed by atoms with Gasteiger partial charge in [-0.25, -0.2) is 9.78 Å². The van der Waals surface area contributed by atoms with E-state index in [1.165, 1.54) is 12.5 Å². The highest BCUT2D eigenvalue weighted by Crippen LogP contribution is 2.00. The van der Waals surface area contributed by atoms with Crippen molar-refractivity contribution in [3.8, 4) is 0 Å². The Morgan fingerprint density at radius 2 is 1.41 bits per heavy atom. The maximum Gasteiger partial charge on any atom is 0.326 e. The van der Waals surface area contributed by atoms with Crippen molar-refractivity contribution in [2.75, 3.05) is 6.54 Å². The summed E-state index contributed by atoms with van der Waals surface area (Å²) in [6, 6.07) is -1.06. The van der Waals surface area contributed by atoms with Crippen LogP contribution in [0.4, 0.5) is 0 Å². The Hall–Kier alpha value is -3.94. The van der Waals surface area contributed by atoms with Crippen LogP contribution in [-0.4, -0.2) is 45.4 Å². The first-order valence-electron chi connectivity index (χ1n) is 12.6. The van der Waals surface area contributed by atoms with Crippen molar-refractivity contribution in [3.05, 3.63) is 91.1 Å². The Labute approximate surface area is 220 Å². The number of aliphatic carboxylic acids is 1. The maximum absolute atomic E-state index is 12.0. The van der Waals surface area contributed by atoms with Gasteiger partial charge in [-0.05, 0) is 39.0 Å². The Balaban J connectivity index is 2.08. The van der Waals surface area contributed by atoms with E-state index >= 15 is 0 Å². The third-order valence-electron chi connectivity index (χ3n) is 5.02. The highest BCUT2D eigenvalue weighted by Gasteiger charge is 2.20. The predicted molar refractivity (Wildman–Crippen MR) is 148 cm³/mol. The second-order valence-corrected chi connectivity index (χ2v) is 8.15. The summed E-state index contributed by atoms with van der Waals surface area (Å²) in [5.74, 6) is -1.76. The molecule has 2 amide bonds. The standard InChI is InChI=1S/C29H40N4O4/c1-2-3-4-5-6-7-8-9-10-11-12-13-14-15-16-17-18-19-27(34)31-21-20-28(35)33-26(29(36)37)22-25-23-30-24-32-25/h2-3,5-6,8-9,11-12,14-15,17-18,23-24,26H,4,7,10,13,16,19-22H2,1H3,(H,30,32)(H,31,34)(H,33,35)(H,36,37). The molecule has 1 rings (SSSR count). The molecule has 1 aromatic heterocycles. The first-order valence-corrected chi connectivity index (χ1v) is 12.6. The van der Waals surface area contributed by atoms with Gasteiger partial charge < -0.3 is 20.7 Å². The summed E-state index contributed by atoms with van der Waals surface area (Å²) < 4.78 is 0. The number of aromatic nitrogens is 2. The molecule has 1 atom stereocenters. The molecule has 0 spiro atoms. The zero-order valence-electron chi connectivity index (χ0n) is 21.6. The Bertz CT molecular complexity index is 957. The molecule has 0 aromatic carbocycles. The van der Waals surface area contributed by atoms with E-state index in [2.05, 4.69) is 81.4 Å². The van der Waals surface area contributed by atoms with E-state index in [1.807, 2.05) is 13.0 Å². The van der Waals surface area contributed by atoms with E-state index in [0.717, 1.165) is 32.1 Å². The molecule has 1 aromatic rings. The lowest BCUT2D eigenvalue weighted by atomic mass is 10.1. The van der Waals surface area contributed by atoms with Crippen molar-refractivity contribution >= 4 is 17.8 Å². The molecule has 0 aliphatic heterocycles. The van der Waals surface area contributed by atoms with E-state index in [-0.39, 0.29) is 31.7 Å². The number of carbonyl (C=O) groups is 3. The van der Waals surface area contributed by atoms with Crippen LogP contribution in [0.2, 0.25) is 0 Å². The summed E-state index contributed by atoms with van der Waals surface area (Å²) in [7, 11) is 0. The van der Waals surface area contributed by atoms with Crippen LogP contribution >= 0.6 is 0 Å². The fraction of sp³-hybridized carbons (Fsp3) is 0.379. The molecule has 0 saturated carbocycles. The molecular weight excluding hydrogens is 468 g/mol. The molecule has 4 N–H and O–H groups in total. The number of carbonyl (C=O) groups excluding carboxylic acids is 2. The summed E-state index contributed by atoms with van der Waals surface area (Å²) in [5, 5.41) is 14.4. The zero-order valence-corrected chi connectivity index (χ0v) is 21.6. The average molecular weight is 509 g/mol. The topological polar surface area (TPSA) is 124 Å². The number of allylic oxidation sites excluding steroid dienone is 11. The quantitative estimate of drug-likeness (QED) is 0.201. The molecule has 200 valence electrons. The average Bonchev–Trinajstić information content (AvgIpc) is 3.38. The number of carboxylic acids is 1. The van der Waals surface area contributed by atoms with Gasteiger partial charge in [0.1, 0.15) is 6.04 Å². The summed E-state index contributed by atoms with van der Waals surface area (Å²) >= 11 is 0. The van der Waals surface area contributed by atoms with Gasteiger partial charge in [0.15, 0.2) is 0 Å². The van der Waals surface area contributed by atoms with Crippen LogP contribution in [0.3, 0.4) is 0 Å². The molecule has 1 heterocycles. The van der Waals surface area contributed by atoms with E-state index in [9.17, 15) is 19.5 Å². The fourth-order valence-corrected chi connectivity index (χ4v) is 3.06. The zero-order chi connectivity index (χ0) is 27.0. The summed E-state index contributed by atoms with van der Waals surface area (Å²) in [6.45, 7) is 2.17. The van der Waals surface area contributed by atoms with Crippen LogP contribution in [0.25, 0.3) is 0 Å². The molecule has 8 heteroatoms. The molecule has 0 radical (unpaired) electrons. The van der Waals surface area contributed by atoms with Gasteiger partial charge >= 0.3 is 5.97 Å². The monoisotopic (exact) mass is 508 g/mol. The number of hydrogen-bond acceptors (Lipinski definition) is 4. The van der Waals surface area contributed by atoms with Crippen LogP contribution < -0.4 is 10.6 Å². The fourth-order valence-electron chi connectivity index (χ4n) is 3.06. The van der Waals surface area contributed by atoms with Crippen LogP contribution in [0, 0.1) is 0 Å². The van der Waals surface area contributed by atoms with Gasteiger partial charge in [-0.15, -0.1) is 0 Å². The molecule has 37 heavy (non-hydrogen) atoms. The van der Waals surface area contributed by atoms with Crippen LogP contribution in [0.1, 0.15) is 57.6 Å². The lowest BCUT2D eigenvalue weighted by Crippen LogP contribution is -2.43. The largest absolute Gasteiger partial charge is 0.480 e. The summed E-state index contributed by atoms with van der Waals surface area (Å²) in [6.07, 6.45) is 32.8. The van der Waals surface area contributed by atoms with E-state index < -0.39 is 17.9 Å². The maximum atomic E-state index is 12.0. The number of hydrogen-bond donors (Lipinski definition) is 4. The lowest BCUT2D eigenvalue weighted by Gasteiger charge is -2.13. The normalized spacial score (nSPS) is 13.1. The summed E-state index contributed by atoms with van der Waals surface area (Å²) in [5.41, 5.74) is 0.613. The molecule has 0 saturated heterocycles. The molecule has 0 aliphatic rings. The molecule has 0 fully saturated rings. The Morgan fingerprint density at radius 1 is 0.865 bits per heavy atom. The summed E-state index contributed by atoms with van der Waals surface area (Å²) in [4.78, 5) is 41.9.